The predicted molar refractivity (Wildman–Crippen MR) is 91.8 cm³/mol. The molecular weight excluding hydrogens is 326 g/mol. The van der Waals surface area contributed by atoms with Gasteiger partial charge in [0.15, 0.2) is 0 Å². The summed E-state index contributed by atoms with van der Waals surface area (Å²) in [6.07, 6.45) is 0.251. The van der Waals surface area contributed by atoms with Gasteiger partial charge in [0.1, 0.15) is 5.60 Å². The number of nitrogens with two attached hydrogens (primary N) is 1. The Balaban J connectivity index is 2.10. The van der Waals surface area contributed by atoms with Gasteiger partial charge in [0.05, 0.1) is 11.1 Å². The van der Waals surface area contributed by atoms with E-state index in [1.165, 1.54) is 18.2 Å². The fourth-order valence-electron chi connectivity index (χ4n) is 2.60. The van der Waals surface area contributed by atoms with E-state index in [9.17, 15) is 14.4 Å². The maximum atomic E-state index is 12.1. The summed E-state index contributed by atoms with van der Waals surface area (Å²) in [7, 11) is 0. The molecule has 1 aliphatic heterocycles. The molecule has 0 aliphatic carbocycles. The van der Waals surface area contributed by atoms with E-state index in [1.54, 1.807) is 25.7 Å². The van der Waals surface area contributed by atoms with Crippen LogP contribution in [-0.2, 0) is 4.74 Å². The van der Waals surface area contributed by atoms with E-state index in [0.29, 0.717) is 25.2 Å². The molecule has 1 fully saturated rings. The van der Waals surface area contributed by atoms with E-state index in [-0.39, 0.29) is 17.2 Å². The van der Waals surface area contributed by atoms with Crippen LogP contribution in [-0.4, -0.2) is 52.7 Å². The number of ether oxygens (including phenoxy) is 1. The Bertz CT molecular complexity index is 696. The van der Waals surface area contributed by atoms with Crippen LogP contribution in [0.2, 0.25) is 0 Å². The average molecular weight is 349 g/mol. The zero-order valence-corrected chi connectivity index (χ0v) is 14.5. The lowest BCUT2D eigenvalue weighted by Gasteiger charge is -2.24. The third-order valence-corrected chi connectivity index (χ3v) is 3.73. The van der Waals surface area contributed by atoms with Gasteiger partial charge in [0.25, 0.3) is 5.91 Å². The second-order valence-electron chi connectivity index (χ2n) is 6.99. The van der Waals surface area contributed by atoms with Gasteiger partial charge in [0.2, 0.25) is 0 Å². The molecule has 1 heterocycles. The third-order valence-electron chi connectivity index (χ3n) is 3.73. The van der Waals surface area contributed by atoms with Crippen molar-refractivity contribution in [3.63, 3.8) is 0 Å². The maximum Gasteiger partial charge on any atom is 0.410 e. The summed E-state index contributed by atoms with van der Waals surface area (Å²) in [5.41, 5.74) is 5.39. The zero-order chi connectivity index (χ0) is 18.8. The van der Waals surface area contributed by atoms with Crippen molar-refractivity contribution >= 4 is 23.7 Å². The Hall–Kier alpha value is -2.77. The molecule has 1 aliphatic rings. The minimum absolute atomic E-state index is 0.0505. The fraction of sp³-hybridized carbons (Fsp3) is 0.471. The molecule has 2 rings (SSSR count). The molecule has 4 N–H and O–H groups in total. The second-order valence-corrected chi connectivity index (χ2v) is 6.99. The summed E-state index contributed by atoms with van der Waals surface area (Å²) >= 11 is 0. The monoisotopic (exact) mass is 349 g/mol. The summed E-state index contributed by atoms with van der Waals surface area (Å²) in [4.78, 5) is 36.4. The number of hydrogen-bond acceptors (Lipinski definition) is 5. The number of benzene rings is 1. The van der Waals surface area contributed by atoms with Crippen molar-refractivity contribution in [2.24, 2.45) is 5.73 Å². The topological polar surface area (TPSA) is 122 Å². The molecular formula is C17H23N3O5. The standard InChI is InChI=1S/C17H23N3O5/c1-17(2,3)25-16(24)20-7-6-11(9-20)19-13-8-10(15(22)23)4-5-12(13)14(18)21/h4-5,8,11,19H,6-7,9H2,1-3H3,(H2,18,21)(H,22,23)/t11-/m0/s1. The lowest BCUT2D eigenvalue weighted by molar-refractivity contribution is 0.0293. The molecule has 1 aromatic carbocycles. The molecule has 2 amide bonds. The molecule has 0 saturated carbocycles. The second kappa shape index (κ2) is 7.00. The van der Waals surface area contributed by atoms with Crippen LogP contribution in [0.4, 0.5) is 10.5 Å². The molecule has 8 nitrogen and oxygen atoms in total. The first-order valence-electron chi connectivity index (χ1n) is 7.98. The highest BCUT2D eigenvalue weighted by molar-refractivity contribution is 6.00. The van der Waals surface area contributed by atoms with Crippen LogP contribution < -0.4 is 11.1 Å². The van der Waals surface area contributed by atoms with Gasteiger partial charge in [-0.15, -0.1) is 0 Å². The fourth-order valence-corrected chi connectivity index (χ4v) is 2.60. The van der Waals surface area contributed by atoms with Crippen LogP contribution in [0.3, 0.4) is 0 Å². The summed E-state index contributed by atoms with van der Waals surface area (Å²) in [6.45, 7) is 6.30. The average Bonchev–Trinajstić information content (AvgIpc) is 2.93. The number of anilines is 1. The smallest absolute Gasteiger partial charge is 0.410 e. The van der Waals surface area contributed by atoms with Gasteiger partial charge in [-0.05, 0) is 45.4 Å². The lowest BCUT2D eigenvalue weighted by Crippen LogP contribution is -2.36. The minimum Gasteiger partial charge on any atom is -0.478 e. The molecule has 0 bridgehead atoms. The van der Waals surface area contributed by atoms with Gasteiger partial charge in [-0.2, -0.15) is 0 Å². The zero-order valence-electron chi connectivity index (χ0n) is 14.5. The summed E-state index contributed by atoms with van der Waals surface area (Å²) < 4.78 is 5.34. The van der Waals surface area contributed by atoms with Gasteiger partial charge >= 0.3 is 12.1 Å². The van der Waals surface area contributed by atoms with Crippen molar-refractivity contribution in [2.75, 3.05) is 18.4 Å². The van der Waals surface area contributed by atoms with Crippen LogP contribution in [0.5, 0.6) is 0 Å². The molecule has 1 aromatic rings. The number of aromatic carboxylic acids is 1. The van der Waals surface area contributed by atoms with Crippen molar-refractivity contribution in [3.05, 3.63) is 29.3 Å². The van der Waals surface area contributed by atoms with Crippen LogP contribution in [0.1, 0.15) is 47.9 Å². The van der Waals surface area contributed by atoms with Gasteiger partial charge in [0, 0.05) is 24.8 Å². The predicted octanol–water partition coefficient (Wildman–Crippen LogP) is 1.91. The van der Waals surface area contributed by atoms with Gasteiger partial charge in [-0.1, -0.05) is 0 Å². The molecule has 1 saturated heterocycles. The number of nitrogens with one attached hydrogen (secondary N) is 1. The molecule has 1 atom stereocenters. The minimum atomic E-state index is -1.10. The molecule has 136 valence electrons. The van der Waals surface area contributed by atoms with Crippen LogP contribution in [0.25, 0.3) is 0 Å². The molecule has 0 unspecified atom stereocenters. The van der Waals surface area contributed by atoms with E-state index in [0.717, 1.165) is 0 Å². The number of carboxylic acids is 1. The highest BCUT2D eigenvalue weighted by Crippen LogP contribution is 2.23. The van der Waals surface area contributed by atoms with Crippen molar-refractivity contribution in [1.82, 2.24) is 4.90 Å². The van der Waals surface area contributed by atoms with Crippen LogP contribution in [0.15, 0.2) is 18.2 Å². The first-order chi connectivity index (χ1) is 11.6. The highest BCUT2D eigenvalue weighted by atomic mass is 16.6. The summed E-state index contributed by atoms with van der Waals surface area (Å²) in [6, 6.07) is 3.96. The number of likely N-dealkylation sites (tertiary alicyclic amines) is 1. The van der Waals surface area contributed by atoms with Crippen LogP contribution >= 0.6 is 0 Å². The number of primary amides is 1. The van der Waals surface area contributed by atoms with Gasteiger partial charge in [-0.3, -0.25) is 4.79 Å². The Morgan fingerprint density at radius 1 is 1.32 bits per heavy atom. The molecule has 25 heavy (non-hydrogen) atoms. The van der Waals surface area contributed by atoms with E-state index >= 15 is 0 Å². The summed E-state index contributed by atoms with van der Waals surface area (Å²) in [5.74, 6) is -1.75. The number of carboxylic acid groups (broad SMARTS) is 1. The van der Waals surface area contributed by atoms with E-state index in [4.69, 9.17) is 15.6 Å². The molecule has 0 spiro atoms. The highest BCUT2D eigenvalue weighted by Gasteiger charge is 2.30. The van der Waals surface area contributed by atoms with E-state index in [1.807, 2.05) is 0 Å². The maximum absolute atomic E-state index is 12.1. The van der Waals surface area contributed by atoms with Gasteiger partial charge in [-0.25, -0.2) is 9.59 Å². The number of amides is 2. The Morgan fingerprint density at radius 3 is 2.56 bits per heavy atom. The molecule has 0 radical (unpaired) electrons. The SMILES string of the molecule is CC(C)(C)OC(=O)N1CC[C@H](Nc2cc(C(=O)O)ccc2C(N)=O)C1. The van der Waals surface area contributed by atoms with Crippen molar-refractivity contribution in [1.29, 1.82) is 0 Å². The lowest BCUT2D eigenvalue weighted by atomic mass is 10.1. The van der Waals surface area contributed by atoms with E-state index in [2.05, 4.69) is 5.32 Å². The summed E-state index contributed by atoms with van der Waals surface area (Å²) in [5, 5.41) is 12.2. The largest absolute Gasteiger partial charge is 0.478 e. The quantitative estimate of drug-likeness (QED) is 0.763. The normalized spacial score (nSPS) is 17.2. The number of nitrogens with zero attached hydrogens (tertiary/aromatic N) is 1. The van der Waals surface area contributed by atoms with Crippen molar-refractivity contribution < 1.29 is 24.2 Å². The molecule has 0 aromatic heterocycles. The Kier molecular flexibility index (Phi) is 5.20. The van der Waals surface area contributed by atoms with E-state index < -0.39 is 23.6 Å². The van der Waals surface area contributed by atoms with Crippen molar-refractivity contribution in [3.8, 4) is 0 Å². The number of rotatable bonds is 4. The number of carbonyl (C=O) groups excluding carboxylic acids is 2. The third kappa shape index (κ3) is 4.85. The Labute approximate surface area is 145 Å². The molecule has 8 heteroatoms. The van der Waals surface area contributed by atoms with Gasteiger partial charge < -0.3 is 25.8 Å². The number of carbonyl (C=O) groups is 3. The van der Waals surface area contributed by atoms with Crippen LogP contribution in [0, 0.1) is 0 Å². The first-order valence-corrected chi connectivity index (χ1v) is 7.98. The Morgan fingerprint density at radius 2 is 2.00 bits per heavy atom. The van der Waals surface area contributed by atoms with Crippen molar-refractivity contribution in [2.45, 2.75) is 38.8 Å². The number of hydrogen-bond donors (Lipinski definition) is 3. The first kappa shape index (κ1) is 18.6.